The smallest absolute Gasteiger partial charge is 0.206 e. The molecule has 1 aliphatic heterocycles. The number of anilines is 1. The number of ether oxygens (including phenoxy) is 1. The SMILES string of the molecule is Cn1c(N2CCOC3CCCC32)nc2ccccc21. The molecule has 1 saturated heterocycles. The summed E-state index contributed by atoms with van der Waals surface area (Å²) in [5.74, 6) is 1.10. The molecule has 19 heavy (non-hydrogen) atoms. The molecule has 1 aliphatic carbocycles. The van der Waals surface area contributed by atoms with Crippen LogP contribution in [0.5, 0.6) is 0 Å². The van der Waals surface area contributed by atoms with Crippen LogP contribution in [-0.2, 0) is 11.8 Å². The molecule has 0 bridgehead atoms. The summed E-state index contributed by atoms with van der Waals surface area (Å²) in [5.41, 5.74) is 2.29. The molecule has 4 rings (SSSR count). The van der Waals surface area contributed by atoms with Crippen molar-refractivity contribution >= 4 is 17.0 Å². The highest BCUT2D eigenvalue weighted by atomic mass is 16.5. The average Bonchev–Trinajstić information content (AvgIpc) is 3.04. The monoisotopic (exact) mass is 257 g/mol. The number of imidazole rings is 1. The second-order valence-electron chi connectivity index (χ2n) is 5.56. The summed E-state index contributed by atoms with van der Waals surface area (Å²) in [6, 6.07) is 8.87. The van der Waals surface area contributed by atoms with Gasteiger partial charge in [-0.05, 0) is 31.4 Å². The summed E-state index contributed by atoms with van der Waals surface area (Å²) in [4.78, 5) is 7.29. The number of hydrogen-bond donors (Lipinski definition) is 0. The van der Waals surface area contributed by atoms with Gasteiger partial charge < -0.3 is 14.2 Å². The van der Waals surface area contributed by atoms with E-state index in [4.69, 9.17) is 9.72 Å². The van der Waals surface area contributed by atoms with E-state index in [-0.39, 0.29) is 0 Å². The Morgan fingerprint density at radius 1 is 1.26 bits per heavy atom. The summed E-state index contributed by atoms with van der Waals surface area (Å²) >= 11 is 0. The third-order valence-corrected chi connectivity index (χ3v) is 4.50. The zero-order chi connectivity index (χ0) is 12.8. The highest BCUT2D eigenvalue weighted by Crippen LogP contribution is 2.33. The van der Waals surface area contributed by atoms with E-state index in [0.29, 0.717) is 12.1 Å². The summed E-state index contributed by atoms with van der Waals surface area (Å²) in [5, 5.41) is 0. The van der Waals surface area contributed by atoms with Crippen molar-refractivity contribution in [2.75, 3.05) is 18.1 Å². The minimum atomic E-state index is 0.411. The van der Waals surface area contributed by atoms with E-state index in [2.05, 4.69) is 40.8 Å². The number of aromatic nitrogens is 2. The first-order valence-corrected chi connectivity index (χ1v) is 7.14. The van der Waals surface area contributed by atoms with Gasteiger partial charge in [0.15, 0.2) is 0 Å². The van der Waals surface area contributed by atoms with Crippen LogP contribution in [0.4, 0.5) is 5.95 Å². The number of aryl methyl sites for hydroxylation is 1. The molecular formula is C15H19N3O. The van der Waals surface area contributed by atoms with Crippen molar-refractivity contribution in [2.45, 2.75) is 31.4 Å². The van der Waals surface area contributed by atoms with Crippen LogP contribution in [0, 0.1) is 0 Å². The number of morpholine rings is 1. The van der Waals surface area contributed by atoms with Crippen molar-refractivity contribution in [1.29, 1.82) is 0 Å². The number of para-hydroxylation sites is 2. The molecule has 2 unspecified atom stereocenters. The topological polar surface area (TPSA) is 30.3 Å². The Hall–Kier alpha value is -1.55. The van der Waals surface area contributed by atoms with Crippen molar-refractivity contribution in [3.8, 4) is 0 Å². The van der Waals surface area contributed by atoms with E-state index >= 15 is 0 Å². The second kappa shape index (κ2) is 4.23. The van der Waals surface area contributed by atoms with Gasteiger partial charge in [-0.2, -0.15) is 0 Å². The van der Waals surface area contributed by atoms with Crippen LogP contribution in [0.25, 0.3) is 11.0 Å². The summed E-state index contributed by atoms with van der Waals surface area (Å²) in [7, 11) is 2.12. The molecule has 0 radical (unpaired) electrons. The Morgan fingerprint density at radius 2 is 2.16 bits per heavy atom. The van der Waals surface area contributed by atoms with Gasteiger partial charge in [0.05, 0.1) is 29.8 Å². The first-order valence-electron chi connectivity index (χ1n) is 7.14. The van der Waals surface area contributed by atoms with Gasteiger partial charge in [0.2, 0.25) is 5.95 Å². The van der Waals surface area contributed by atoms with Gasteiger partial charge in [0, 0.05) is 13.6 Å². The molecular weight excluding hydrogens is 238 g/mol. The average molecular weight is 257 g/mol. The first kappa shape index (κ1) is 11.3. The van der Waals surface area contributed by atoms with Crippen molar-refractivity contribution in [3.63, 3.8) is 0 Å². The number of hydrogen-bond acceptors (Lipinski definition) is 3. The first-order chi connectivity index (χ1) is 9.34. The highest BCUT2D eigenvalue weighted by Gasteiger charge is 2.37. The summed E-state index contributed by atoms with van der Waals surface area (Å²) < 4.78 is 8.11. The molecule has 1 aromatic carbocycles. The van der Waals surface area contributed by atoms with E-state index in [1.807, 2.05) is 0 Å². The van der Waals surface area contributed by atoms with Crippen LogP contribution in [0.3, 0.4) is 0 Å². The third kappa shape index (κ3) is 1.66. The van der Waals surface area contributed by atoms with Crippen molar-refractivity contribution < 1.29 is 4.74 Å². The number of rotatable bonds is 1. The van der Waals surface area contributed by atoms with Gasteiger partial charge in [-0.15, -0.1) is 0 Å². The van der Waals surface area contributed by atoms with Gasteiger partial charge in [0.25, 0.3) is 0 Å². The fourth-order valence-corrected chi connectivity index (χ4v) is 3.56. The molecule has 0 amide bonds. The molecule has 2 fully saturated rings. The Balaban J connectivity index is 1.78. The normalized spacial score (nSPS) is 26.9. The summed E-state index contributed by atoms with van der Waals surface area (Å²) in [6.45, 7) is 1.78. The van der Waals surface area contributed by atoms with Crippen LogP contribution in [0.2, 0.25) is 0 Å². The number of fused-ring (bicyclic) bond motifs is 2. The largest absolute Gasteiger partial charge is 0.374 e. The van der Waals surface area contributed by atoms with Crippen LogP contribution >= 0.6 is 0 Å². The molecule has 2 aromatic rings. The van der Waals surface area contributed by atoms with Gasteiger partial charge >= 0.3 is 0 Å². The van der Waals surface area contributed by atoms with Gasteiger partial charge in [0.1, 0.15) is 0 Å². The van der Waals surface area contributed by atoms with Crippen LogP contribution < -0.4 is 4.90 Å². The van der Waals surface area contributed by atoms with E-state index in [1.165, 1.54) is 24.8 Å². The van der Waals surface area contributed by atoms with Crippen molar-refractivity contribution in [3.05, 3.63) is 24.3 Å². The Kier molecular flexibility index (Phi) is 2.52. The summed E-state index contributed by atoms with van der Waals surface area (Å²) in [6.07, 6.45) is 4.11. The van der Waals surface area contributed by atoms with Crippen LogP contribution in [0.1, 0.15) is 19.3 Å². The minimum absolute atomic E-state index is 0.411. The Morgan fingerprint density at radius 3 is 3.05 bits per heavy atom. The lowest BCUT2D eigenvalue weighted by atomic mass is 10.1. The lowest BCUT2D eigenvalue weighted by Crippen LogP contribution is -2.49. The zero-order valence-electron chi connectivity index (χ0n) is 11.2. The fourth-order valence-electron chi connectivity index (χ4n) is 3.56. The van der Waals surface area contributed by atoms with Crippen molar-refractivity contribution in [1.82, 2.24) is 9.55 Å². The molecule has 4 heteroatoms. The molecule has 0 N–H and O–H groups in total. The molecule has 2 atom stereocenters. The van der Waals surface area contributed by atoms with Gasteiger partial charge in [-0.3, -0.25) is 0 Å². The lowest BCUT2D eigenvalue weighted by molar-refractivity contribution is 0.0248. The van der Waals surface area contributed by atoms with Gasteiger partial charge in [-0.25, -0.2) is 4.98 Å². The molecule has 4 nitrogen and oxygen atoms in total. The van der Waals surface area contributed by atoms with E-state index in [9.17, 15) is 0 Å². The maximum absolute atomic E-state index is 5.89. The minimum Gasteiger partial charge on any atom is -0.374 e. The van der Waals surface area contributed by atoms with Crippen LogP contribution in [-0.4, -0.2) is 34.8 Å². The number of benzene rings is 1. The zero-order valence-corrected chi connectivity index (χ0v) is 11.2. The maximum Gasteiger partial charge on any atom is 0.206 e. The molecule has 100 valence electrons. The predicted molar refractivity (Wildman–Crippen MR) is 75.4 cm³/mol. The molecule has 2 aliphatic rings. The maximum atomic E-state index is 5.89. The second-order valence-corrected chi connectivity index (χ2v) is 5.56. The standard InChI is InChI=1S/C15H19N3O/c1-17-12-6-3-2-5-11(12)16-15(17)18-9-10-19-14-8-4-7-13(14)18/h2-3,5-6,13-14H,4,7-10H2,1H3. The molecule has 1 aromatic heterocycles. The van der Waals surface area contributed by atoms with Gasteiger partial charge in [-0.1, -0.05) is 12.1 Å². The highest BCUT2D eigenvalue weighted by molar-refractivity contribution is 5.78. The Bertz CT molecular complexity index is 606. The predicted octanol–water partition coefficient (Wildman–Crippen LogP) is 2.33. The van der Waals surface area contributed by atoms with E-state index < -0.39 is 0 Å². The molecule has 0 spiro atoms. The molecule has 2 heterocycles. The van der Waals surface area contributed by atoms with Crippen LogP contribution in [0.15, 0.2) is 24.3 Å². The number of nitrogens with zero attached hydrogens (tertiary/aromatic N) is 3. The molecule has 1 saturated carbocycles. The lowest BCUT2D eigenvalue weighted by Gasteiger charge is -2.38. The Labute approximate surface area is 113 Å². The third-order valence-electron chi connectivity index (χ3n) is 4.50. The van der Waals surface area contributed by atoms with E-state index in [1.54, 1.807) is 0 Å². The van der Waals surface area contributed by atoms with Crippen molar-refractivity contribution in [2.24, 2.45) is 7.05 Å². The fraction of sp³-hybridized carbons (Fsp3) is 0.533. The quantitative estimate of drug-likeness (QED) is 0.785. The van der Waals surface area contributed by atoms with E-state index in [0.717, 1.165) is 24.6 Å².